The number of nitrogens with two attached hydrogens (primary N) is 2. The highest BCUT2D eigenvalue weighted by atomic mass is 16.6. The molecule has 5 heteroatoms. The molecule has 4 N–H and O–H groups in total. The molecule has 0 aromatic heterocycles. The van der Waals surface area contributed by atoms with Crippen LogP contribution in [0, 0.1) is 13.8 Å². The number of nitrogen functional groups attached to an aromatic ring is 2. The number of hydrogen-bond acceptors (Lipinski definition) is 5. The van der Waals surface area contributed by atoms with Gasteiger partial charge in [0, 0.05) is 40.2 Å². The standard InChI is InChI=1S/C22H18N2O3/c1-11-7-15-19(9-17(11)23)26-20-10-18(24)12(2)8-16(20)22(15)14-6-4-3-5-13(14)21(25)27-22/h3-10H,23-24H2,1-2H3. The lowest BCUT2D eigenvalue weighted by Crippen LogP contribution is -2.33. The van der Waals surface area contributed by atoms with Crippen LogP contribution in [0.2, 0.25) is 0 Å². The molecule has 5 rings (SSSR count). The molecule has 1 spiro atoms. The number of rotatable bonds is 0. The van der Waals surface area contributed by atoms with E-state index >= 15 is 0 Å². The van der Waals surface area contributed by atoms with Crippen molar-refractivity contribution in [1.82, 2.24) is 0 Å². The van der Waals surface area contributed by atoms with Crippen LogP contribution in [0.25, 0.3) is 0 Å². The summed E-state index contributed by atoms with van der Waals surface area (Å²) in [6, 6.07) is 14.9. The average molecular weight is 358 g/mol. The number of hydrogen-bond donors (Lipinski definition) is 2. The summed E-state index contributed by atoms with van der Waals surface area (Å²) in [6.07, 6.45) is 0. The smallest absolute Gasteiger partial charge is 0.340 e. The summed E-state index contributed by atoms with van der Waals surface area (Å²) in [5.41, 5.74) is 17.1. The quantitative estimate of drug-likeness (QED) is 0.468. The van der Waals surface area contributed by atoms with Crippen LogP contribution < -0.4 is 16.2 Å². The first-order valence-corrected chi connectivity index (χ1v) is 8.73. The highest BCUT2D eigenvalue weighted by molar-refractivity contribution is 5.97. The molecule has 0 bridgehead atoms. The first-order chi connectivity index (χ1) is 12.9. The maximum Gasteiger partial charge on any atom is 0.340 e. The van der Waals surface area contributed by atoms with Gasteiger partial charge in [0.15, 0.2) is 5.60 Å². The summed E-state index contributed by atoms with van der Waals surface area (Å²) >= 11 is 0. The van der Waals surface area contributed by atoms with E-state index in [1.54, 1.807) is 18.2 Å². The molecule has 134 valence electrons. The Labute approximate surface area is 156 Å². The Morgan fingerprint density at radius 2 is 1.37 bits per heavy atom. The molecule has 0 aliphatic carbocycles. The predicted molar refractivity (Wildman–Crippen MR) is 103 cm³/mol. The molecule has 2 aliphatic heterocycles. The molecule has 0 radical (unpaired) electrons. The summed E-state index contributed by atoms with van der Waals surface area (Å²) in [5.74, 6) is 0.782. The van der Waals surface area contributed by atoms with Gasteiger partial charge in [-0.2, -0.15) is 0 Å². The maximum atomic E-state index is 12.7. The Kier molecular flexibility index (Phi) is 2.94. The number of ether oxygens (including phenoxy) is 2. The van der Waals surface area contributed by atoms with Gasteiger partial charge in [-0.1, -0.05) is 18.2 Å². The van der Waals surface area contributed by atoms with Crippen LogP contribution >= 0.6 is 0 Å². The SMILES string of the molecule is Cc1cc2c(cc1N)Oc1cc(N)c(C)cc1C21OC(=O)c2ccccc21. The van der Waals surface area contributed by atoms with Crippen molar-refractivity contribution in [3.63, 3.8) is 0 Å². The normalized spacial score (nSPS) is 15.6. The van der Waals surface area contributed by atoms with Gasteiger partial charge in [-0.25, -0.2) is 4.79 Å². The zero-order chi connectivity index (χ0) is 18.9. The van der Waals surface area contributed by atoms with E-state index in [9.17, 15) is 4.79 Å². The van der Waals surface area contributed by atoms with E-state index in [1.165, 1.54) is 0 Å². The largest absolute Gasteiger partial charge is 0.456 e. The molecule has 2 aliphatic rings. The number of aryl methyl sites for hydroxylation is 2. The maximum absolute atomic E-state index is 12.7. The molecular weight excluding hydrogens is 340 g/mol. The molecule has 0 atom stereocenters. The molecule has 0 fully saturated rings. The Hall–Kier alpha value is -3.47. The second-order valence-electron chi connectivity index (χ2n) is 7.13. The molecule has 0 saturated heterocycles. The van der Waals surface area contributed by atoms with Crippen molar-refractivity contribution < 1.29 is 14.3 Å². The Morgan fingerprint density at radius 3 is 1.96 bits per heavy atom. The van der Waals surface area contributed by atoms with Crippen LogP contribution in [-0.4, -0.2) is 5.97 Å². The van der Waals surface area contributed by atoms with Gasteiger partial charge in [0.1, 0.15) is 11.5 Å². The van der Waals surface area contributed by atoms with Crippen LogP contribution in [-0.2, 0) is 10.3 Å². The second-order valence-corrected chi connectivity index (χ2v) is 7.13. The van der Waals surface area contributed by atoms with E-state index in [0.29, 0.717) is 28.4 Å². The van der Waals surface area contributed by atoms with E-state index in [-0.39, 0.29) is 5.97 Å². The third-order valence-electron chi connectivity index (χ3n) is 5.49. The third-order valence-corrected chi connectivity index (χ3v) is 5.49. The number of anilines is 2. The summed E-state index contributed by atoms with van der Waals surface area (Å²) in [4.78, 5) is 12.7. The van der Waals surface area contributed by atoms with Gasteiger partial charge in [-0.3, -0.25) is 0 Å². The van der Waals surface area contributed by atoms with Crippen LogP contribution in [0.1, 0.15) is 38.2 Å². The van der Waals surface area contributed by atoms with Crippen molar-refractivity contribution in [3.8, 4) is 11.5 Å². The minimum Gasteiger partial charge on any atom is -0.456 e. The Balaban J connectivity index is 1.94. The van der Waals surface area contributed by atoms with Crippen molar-refractivity contribution in [1.29, 1.82) is 0 Å². The summed E-state index contributed by atoms with van der Waals surface area (Å²) in [6.45, 7) is 3.85. The van der Waals surface area contributed by atoms with Gasteiger partial charge in [0.25, 0.3) is 0 Å². The number of carbonyl (C=O) groups excluding carboxylic acids is 1. The molecule has 0 unspecified atom stereocenters. The lowest BCUT2D eigenvalue weighted by Gasteiger charge is -2.37. The predicted octanol–water partition coefficient (Wildman–Crippen LogP) is 4.04. The average Bonchev–Trinajstić information content (AvgIpc) is 2.93. The van der Waals surface area contributed by atoms with E-state index in [2.05, 4.69) is 0 Å². The van der Waals surface area contributed by atoms with E-state index in [4.69, 9.17) is 20.9 Å². The van der Waals surface area contributed by atoms with Gasteiger partial charge < -0.3 is 20.9 Å². The Bertz CT molecular complexity index is 1090. The van der Waals surface area contributed by atoms with Crippen molar-refractivity contribution in [2.24, 2.45) is 0 Å². The van der Waals surface area contributed by atoms with Crippen LogP contribution in [0.15, 0.2) is 48.5 Å². The summed E-state index contributed by atoms with van der Waals surface area (Å²) < 4.78 is 12.2. The molecule has 0 saturated carbocycles. The summed E-state index contributed by atoms with van der Waals surface area (Å²) in [5, 5.41) is 0. The topological polar surface area (TPSA) is 87.6 Å². The van der Waals surface area contributed by atoms with E-state index < -0.39 is 5.60 Å². The van der Waals surface area contributed by atoms with E-state index in [1.807, 2.05) is 44.2 Å². The first kappa shape index (κ1) is 15.8. The lowest BCUT2D eigenvalue weighted by molar-refractivity contribution is 0.0224. The number of esters is 1. The van der Waals surface area contributed by atoms with E-state index in [0.717, 1.165) is 27.8 Å². The number of benzene rings is 3. The molecular formula is C22H18N2O3. The first-order valence-electron chi connectivity index (χ1n) is 8.73. The van der Waals surface area contributed by atoms with Crippen molar-refractivity contribution in [2.75, 3.05) is 11.5 Å². The monoisotopic (exact) mass is 358 g/mol. The molecule has 3 aromatic rings. The molecule has 3 aromatic carbocycles. The molecule has 27 heavy (non-hydrogen) atoms. The molecule has 2 heterocycles. The van der Waals surface area contributed by atoms with Crippen molar-refractivity contribution in [3.05, 3.63) is 81.9 Å². The van der Waals surface area contributed by atoms with Crippen molar-refractivity contribution in [2.45, 2.75) is 19.4 Å². The van der Waals surface area contributed by atoms with Crippen LogP contribution in [0.5, 0.6) is 11.5 Å². The van der Waals surface area contributed by atoms with Crippen LogP contribution in [0.4, 0.5) is 11.4 Å². The zero-order valence-corrected chi connectivity index (χ0v) is 15.0. The minimum atomic E-state index is -1.08. The second kappa shape index (κ2) is 5.04. The fourth-order valence-electron chi connectivity index (χ4n) is 4.01. The van der Waals surface area contributed by atoms with Gasteiger partial charge >= 0.3 is 5.97 Å². The fraction of sp³-hybridized carbons (Fsp3) is 0.136. The number of carbonyl (C=O) groups is 1. The van der Waals surface area contributed by atoms with Gasteiger partial charge in [-0.15, -0.1) is 0 Å². The van der Waals surface area contributed by atoms with Crippen molar-refractivity contribution >= 4 is 17.3 Å². The van der Waals surface area contributed by atoms with Crippen LogP contribution in [0.3, 0.4) is 0 Å². The Morgan fingerprint density at radius 1 is 0.815 bits per heavy atom. The van der Waals surface area contributed by atoms with Gasteiger partial charge in [0.05, 0.1) is 5.56 Å². The zero-order valence-electron chi connectivity index (χ0n) is 15.0. The highest BCUT2D eigenvalue weighted by Gasteiger charge is 2.53. The number of fused-ring (bicyclic) bond motifs is 6. The molecule has 5 nitrogen and oxygen atoms in total. The fourth-order valence-corrected chi connectivity index (χ4v) is 4.01. The highest BCUT2D eigenvalue weighted by Crippen LogP contribution is 2.57. The lowest BCUT2D eigenvalue weighted by atomic mass is 9.76. The van der Waals surface area contributed by atoms with Gasteiger partial charge in [-0.05, 0) is 43.2 Å². The third kappa shape index (κ3) is 1.91. The van der Waals surface area contributed by atoms with Gasteiger partial charge in [0.2, 0.25) is 0 Å². The summed E-state index contributed by atoms with van der Waals surface area (Å²) in [7, 11) is 0. The molecule has 0 amide bonds. The minimum absolute atomic E-state index is 0.353.